The molecule has 1 aliphatic heterocycles. The number of carbonyl (C=O) groups is 1. The Bertz CT molecular complexity index is 640. The van der Waals surface area contributed by atoms with Gasteiger partial charge in [0.2, 0.25) is 5.91 Å². The largest absolute Gasteiger partial charge is 0.379 e. The lowest BCUT2D eigenvalue weighted by Gasteiger charge is -2.33. The van der Waals surface area contributed by atoms with Crippen LogP contribution >= 0.6 is 0 Å². The number of hydrogen-bond donors (Lipinski definition) is 1. The molecule has 2 aromatic carbocycles. The second-order valence-electron chi connectivity index (χ2n) is 5.46. The Balaban J connectivity index is 1.82. The summed E-state index contributed by atoms with van der Waals surface area (Å²) in [6.07, 6.45) is 0. The number of nitrogens with zero attached hydrogens (tertiary/aromatic N) is 1. The molecule has 5 heteroatoms. The first-order valence-corrected chi connectivity index (χ1v) is 7.67. The Morgan fingerprint density at radius 2 is 1.70 bits per heavy atom. The van der Waals surface area contributed by atoms with E-state index in [0.29, 0.717) is 32.0 Å². The molecular formula is C18H19FN2O2. The minimum atomic E-state index is -0.384. The van der Waals surface area contributed by atoms with Crippen LogP contribution in [0.4, 0.5) is 10.1 Å². The van der Waals surface area contributed by atoms with E-state index in [9.17, 15) is 9.18 Å². The number of morpholine rings is 1. The second kappa shape index (κ2) is 7.35. The fourth-order valence-corrected chi connectivity index (χ4v) is 2.74. The van der Waals surface area contributed by atoms with Crippen molar-refractivity contribution in [1.82, 2.24) is 4.90 Å². The molecule has 0 aliphatic carbocycles. The molecule has 1 N–H and O–H groups in total. The fraction of sp³-hybridized carbons (Fsp3) is 0.278. The summed E-state index contributed by atoms with van der Waals surface area (Å²) >= 11 is 0. The van der Waals surface area contributed by atoms with Crippen molar-refractivity contribution >= 4 is 11.6 Å². The van der Waals surface area contributed by atoms with Gasteiger partial charge in [0.25, 0.3) is 0 Å². The van der Waals surface area contributed by atoms with E-state index in [1.54, 1.807) is 12.1 Å². The summed E-state index contributed by atoms with van der Waals surface area (Å²) in [5, 5.41) is 2.88. The van der Waals surface area contributed by atoms with E-state index in [1.165, 1.54) is 12.1 Å². The van der Waals surface area contributed by atoms with Crippen molar-refractivity contribution < 1.29 is 13.9 Å². The highest BCUT2D eigenvalue weighted by Gasteiger charge is 2.28. The van der Waals surface area contributed by atoms with Gasteiger partial charge < -0.3 is 10.1 Å². The predicted octanol–water partition coefficient (Wildman–Crippen LogP) is 2.84. The first-order valence-electron chi connectivity index (χ1n) is 7.67. The van der Waals surface area contributed by atoms with Crippen LogP contribution in [0.3, 0.4) is 0 Å². The van der Waals surface area contributed by atoms with E-state index in [-0.39, 0.29) is 17.8 Å². The SMILES string of the molecule is O=C(Nc1ccc(F)cc1)[C@H](c1ccccc1)N1CCOCC1. The van der Waals surface area contributed by atoms with Gasteiger partial charge in [0.05, 0.1) is 13.2 Å². The molecule has 0 aromatic heterocycles. The number of halogens is 1. The molecule has 0 unspecified atom stereocenters. The number of ether oxygens (including phenoxy) is 1. The average molecular weight is 314 g/mol. The summed E-state index contributed by atoms with van der Waals surface area (Å²) in [5.41, 5.74) is 1.53. The zero-order chi connectivity index (χ0) is 16.1. The van der Waals surface area contributed by atoms with Crippen molar-refractivity contribution in [3.05, 3.63) is 66.0 Å². The van der Waals surface area contributed by atoms with E-state index < -0.39 is 0 Å². The van der Waals surface area contributed by atoms with Crippen molar-refractivity contribution in [1.29, 1.82) is 0 Å². The van der Waals surface area contributed by atoms with Gasteiger partial charge >= 0.3 is 0 Å². The Kier molecular flexibility index (Phi) is 5.00. The van der Waals surface area contributed by atoms with Gasteiger partial charge in [-0.2, -0.15) is 0 Å². The van der Waals surface area contributed by atoms with Crippen LogP contribution in [-0.4, -0.2) is 37.1 Å². The third-order valence-electron chi connectivity index (χ3n) is 3.89. The van der Waals surface area contributed by atoms with Gasteiger partial charge in [0.1, 0.15) is 11.9 Å². The molecule has 1 amide bonds. The summed E-state index contributed by atoms with van der Waals surface area (Å²) in [5.74, 6) is -0.444. The van der Waals surface area contributed by atoms with E-state index in [0.717, 1.165) is 5.56 Å². The molecular weight excluding hydrogens is 295 g/mol. The Morgan fingerprint density at radius 3 is 2.35 bits per heavy atom. The van der Waals surface area contributed by atoms with E-state index in [1.807, 2.05) is 30.3 Å². The lowest BCUT2D eigenvalue weighted by molar-refractivity contribution is -0.123. The topological polar surface area (TPSA) is 41.6 Å². The third-order valence-corrected chi connectivity index (χ3v) is 3.89. The first kappa shape index (κ1) is 15.6. The summed E-state index contributed by atoms with van der Waals surface area (Å²) in [4.78, 5) is 14.9. The number of hydrogen-bond acceptors (Lipinski definition) is 3. The standard InChI is InChI=1S/C18H19FN2O2/c19-15-6-8-16(9-7-15)20-18(22)17(14-4-2-1-3-5-14)21-10-12-23-13-11-21/h1-9,17H,10-13H2,(H,20,22)/t17-/m0/s1. The average Bonchev–Trinajstić information content (AvgIpc) is 2.59. The van der Waals surface area contributed by atoms with Crippen LogP contribution in [0.15, 0.2) is 54.6 Å². The lowest BCUT2D eigenvalue weighted by Crippen LogP contribution is -2.43. The summed E-state index contributed by atoms with van der Waals surface area (Å²) in [7, 11) is 0. The quantitative estimate of drug-likeness (QED) is 0.943. The zero-order valence-electron chi connectivity index (χ0n) is 12.7. The van der Waals surface area contributed by atoms with Gasteiger partial charge in [-0.25, -0.2) is 4.39 Å². The van der Waals surface area contributed by atoms with E-state index in [4.69, 9.17) is 4.74 Å². The van der Waals surface area contributed by atoms with Gasteiger partial charge in [-0.15, -0.1) is 0 Å². The van der Waals surface area contributed by atoms with E-state index in [2.05, 4.69) is 10.2 Å². The minimum absolute atomic E-state index is 0.121. The minimum Gasteiger partial charge on any atom is -0.379 e. The van der Waals surface area contributed by atoms with Crippen LogP contribution in [0.1, 0.15) is 11.6 Å². The van der Waals surface area contributed by atoms with E-state index >= 15 is 0 Å². The van der Waals surface area contributed by atoms with Gasteiger partial charge in [-0.3, -0.25) is 9.69 Å². The molecule has 1 saturated heterocycles. The Hall–Kier alpha value is -2.24. The van der Waals surface area contributed by atoms with Crippen molar-refractivity contribution in [2.45, 2.75) is 6.04 Å². The maximum absolute atomic E-state index is 13.0. The van der Waals surface area contributed by atoms with Crippen LogP contribution in [0.5, 0.6) is 0 Å². The number of benzene rings is 2. The van der Waals surface area contributed by atoms with Gasteiger partial charge in [-0.05, 0) is 29.8 Å². The second-order valence-corrected chi connectivity index (χ2v) is 5.46. The summed E-state index contributed by atoms with van der Waals surface area (Å²) in [6, 6.07) is 15.1. The van der Waals surface area contributed by atoms with Crippen molar-refractivity contribution in [3.8, 4) is 0 Å². The molecule has 0 saturated carbocycles. The fourth-order valence-electron chi connectivity index (χ4n) is 2.74. The highest BCUT2D eigenvalue weighted by molar-refractivity contribution is 5.95. The Labute approximate surface area is 134 Å². The molecule has 4 nitrogen and oxygen atoms in total. The monoisotopic (exact) mass is 314 g/mol. The summed E-state index contributed by atoms with van der Waals surface area (Å²) < 4.78 is 18.4. The van der Waals surface area contributed by atoms with Crippen LogP contribution < -0.4 is 5.32 Å². The molecule has 120 valence electrons. The van der Waals surface area contributed by atoms with Crippen molar-refractivity contribution in [2.75, 3.05) is 31.6 Å². The van der Waals surface area contributed by atoms with Gasteiger partial charge in [0, 0.05) is 18.8 Å². The van der Waals surface area contributed by atoms with Crippen LogP contribution in [0.25, 0.3) is 0 Å². The molecule has 23 heavy (non-hydrogen) atoms. The smallest absolute Gasteiger partial charge is 0.246 e. The van der Waals surface area contributed by atoms with Crippen LogP contribution in [0.2, 0.25) is 0 Å². The first-order chi connectivity index (χ1) is 11.2. The number of anilines is 1. The number of nitrogens with one attached hydrogen (secondary N) is 1. The molecule has 1 heterocycles. The van der Waals surface area contributed by atoms with Crippen molar-refractivity contribution in [2.24, 2.45) is 0 Å². The molecule has 1 aliphatic rings. The molecule has 0 radical (unpaired) electrons. The maximum Gasteiger partial charge on any atom is 0.246 e. The molecule has 1 fully saturated rings. The number of amides is 1. The van der Waals surface area contributed by atoms with Crippen molar-refractivity contribution in [3.63, 3.8) is 0 Å². The molecule has 2 aromatic rings. The molecule has 0 bridgehead atoms. The molecule has 1 atom stereocenters. The van der Waals surface area contributed by atoms with Crippen LogP contribution in [0, 0.1) is 5.82 Å². The molecule has 0 spiro atoms. The lowest BCUT2D eigenvalue weighted by atomic mass is 10.0. The zero-order valence-corrected chi connectivity index (χ0v) is 12.7. The van der Waals surface area contributed by atoms with Crippen LogP contribution in [-0.2, 0) is 9.53 Å². The summed E-state index contributed by atoms with van der Waals surface area (Å²) in [6.45, 7) is 2.65. The highest BCUT2D eigenvalue weighted by atomic mass is 19.1. The highest BCUT2D eigenvalue weighted by Crippen LogP contribution is 2.24. The van der Waals surface area contributed by atoms with Gasteiger partial charge in [-0.1, -0.05) is 30.3 Å². The maximum atomic E-state index is 13.0. The molecule has 3 rings (SSSR count). The number of rotatable bonds is 4. The van der Waals surface area contributed by atoms with Gasteiger partial charge in [0.15, 0.2) is 0 Å². The predicted molar refractivity (Wildman–Crippen MR) is 86.6 cm³/mol. The third kappa shape index (κ3) is 3.94. The Morgan fingerprint density at radius 1 is 1.04 bits per heavy atom. The number of carbonyl (C=O) groups excluding carboxylic acids is 1. The normalized spacial score (nSPS) is 16.7.